The Morgan fingerprint density at radius 3 is 2.36 bits per heavy atom. The van der Waals surface area contributed by atoms with Gasteiger partial charge >= 0.3 is 5.97 Å². The minimum atomic E-state index is -0.282. The third-order valence-corrected chi connectivity index (χ3v) is 4.73. The van der Waals surface area contributed by atoms with Gasteiger partial charge in [-0.25, -0.2) is 0 Å². The van der Waals surface area contributed by atoms with Crippen molar-refractivity contribution in [3.05, 3.63) is 0 Å². The van der Waals surface area contributed by atoms with E-state index in [1.54, 1.807) is 0 Å². The lowest BCUT2D eigenvalue weighted by Crippen LogP contribution is -2.62. The topological polar surface area (TPSA) is 46.5 Å². The summed E-state index contributed by atoms with van der Waals surface area (Å²) in [6, 6.07) is 0. The second kappa shape index (κ2) is 2.51. The number of hydrogen-bond acceptors (Lipinski definition) is 3. The Kier molecular flexibility index (Phi) is 1.79. The molecular weight excluding hydrogens is 180 g/mol. The molecule has 2 rings (SSSR count). The van der Waals surface area contributed by atoms with Crippen molar-refractivity contribution in [3.63, 3.8) is 0 Å². The van der Waals surface area contributed by atoms with Crippen molar-refractivity contribution in [2.24, 2.45) is 22.7 Å². The second-order valence-electron chi connectivity index (χ2n) is 5.60. The standard InChI is InChI=1S/C11H18O3/c1-10(2)7-6(5-12)14-9(13)8(7)11(10,3)4/h6-8,12H,5H2,1-4H3/t6-,7+,8+/m1/s1. The van der Waals surface area contributed by atoms with Crippen LogP contribution in [0.2, 0.25) is 0 Å². The van der Waals surface area contributed by atoms with Crippen LogP contribution >= 0.6 is 0 Å². The molecule has 0 bridgehead atoms. The SMILES string of the molecule is CC1(C)[C@@H]2[C@@H](C(=O)O[C@@H]2CO)C1(C)C. The van der Waals surface area contributed by atoms with E-state index in [0.29, 0.717) is 0 Å². The first-order chi connectivity index (χ1) is 6.34. The monoisotopic (exact) mass is 198 g/mol. The molecule has 1 saturated carbocycles. The van der Waals surface area contributed by atoms with Gasteiger partial charge in [-0.2, -0.15) is 0 Å². The van der Waals surface area contributed by atoms with Crippen LogP contribution in [-0.2, 0) is 9.53 Å². The summed E-state index contributed by atoms with van der Waals surface area (Å²) in [5.74, 6) is 0.0445. The maximum absolute atomic E-state index is 11.6. The Balaban J connectivity index is 2.33. The van der Waals surface area contributed by atoms with E-state index >= 15 is 0 Å². The molecule has 3 nitrogen and oxygen atoms in total. The third kappa shape index (κ3) is 0.842. The molecule has 1 aliphatic carbocycles. The molecule has 3 atom stereocenters. The maximum atomic E-state index is 11.6. The smallest absolute Gasteiger partial charge is 0.310 e. The van der Waals surface area contributed by atoms with Crippen LogP contribution < -0.4 is 0 Å². The Hall–Kier alpha value is -0.570. The van der Waals surface area contributed by atoms with Crippen LogP contribution in [0.15, 0.2) is 0 Å². The zero-order valence-corrected chi connectivity index (χ0v) is 9.20. The van der Waals surface area contributed by atoms with E-state index in [1.165, 1.54) is 0 Å². The molecule has 0 aromatic heterocycles. The minimum absolute atomic E-state index is 0.0152. The Morgan fingerprint density at radius 2 is 1.86 bits per heavy atom. The highest BCUT2D eigenvalue weighted by Crippen LogP contribution is 2.68. The van der Waals surface area contributed by atoms with E-state index in [4.69, 9.17) is 9.84 Å². The molecule has 1 aliphatic heterocycles. The molecule has 14 heavy (non-hydrogen) atoms. The van der Waals surface area contributed by atoms with Gasteiger partial charge in [0.2, 0.25) is 0 Å². The predicted molar refractivity (Wildman–Crippen MR) is 51.5 cm³/mol. The highest BCUT2D eigenvalue weighted by Gasteiger charge is 2.71. The lowest BCUT2D eigenvalue weighted by atomic mass is 9.40. The summed E-state index contributed by atoms with van der Waals surface area (Å²) in [5, 5.41) is 9.13. The number of esters is 1. The van der Waals surface area contributed by atoms with Crippen molar-refractivity contribution in [3.8, 4) is 0 Å². The second-order valence-corrected chi connectivity index (χ2v) is 5.60. The van der Waals surface area contributed by atoms with Gasteiger partial charge in [-0.05, 0) is 10.8 Å². The number of rotatable bonds is 1. The molecule has 0 aromatic carbocycles. The van der Waals surface area contributed by atoms with Crippen LogP contribution in [0.5, 0.6) is 0 Å². The first-order valence-corrected chi connectivity index (χ1v) is 5.15. The summed E-state index contributed by atoms with van der Waals surface area (Å²) in [4.78, 5) is 11.6. The van der Waals surface area contributed by atoms with E-state index < -0.39 is 0 Å². The molecule has 3 heteroatoms. The summed E-state index contributed by atoms with van der Waals surface area (Å²) in [6.45, 7) is 8.47. The number of fused-ring (bicyclic) bond motifs is 1. The number of hydrogen-bond donors (Lipinski definition) is 1. The van der Waals surface area contributed by atoms with Crippen molar-refractivity contribution in [1.82, 2.24) is 0 Å². The van der Waals surface area contributed by atoms with Gasteiger partial charge in [-0.15, -0.1) is 0 Å². The molecule has 2 aliphatic rings. The summed E-state index contributed by atoms with van der Waals surface area (Å²) < 4.78 is 5.18. The van der Waals surface area contributed by atoms with Crippen LogP contribution in [-0.4, -0.2) is 23.8 Å². The number of carbonyl (C=O) groups excluding carboxylic acids is 1. The molecule has 0 radical (unpaired) electrons. The van der Waals surface area contributed by atoms with Gasteiger partial charge in [0.05, 0.1) is 12.5 Å². The maximum Gasteiger partial charge on any atom is 0.310 e. The number of cyclic esters (lactones) is 1. The van der Waals surface area contributed by atoms with Crippen LogP contribution in [0, 0.1) is 22.7 Å². The minimum Gasteiger partial charge on any atom is -0.459 e. The lowest BCUT2D eigenvalue weighted by molar-refractivity contribution is -0.169. The number of ether oxygens (including phenoxy) is 1. The first kappa shape index (κ1) is 9.97. The van der Waals surface area contributed by atoms with Gasteiger partial charge in [-0.3, -0.25) is 4.79 Å². The van der Waals surface area contributed by atoms with Crippen molar-refractivity contribution >= 4 is 5.97 Å². The Labute approximate surface area is 84.4 Å². The number of aliphatic hydroxyl groups excluding tert-OH is 1. The molecule has 80 valence electrons. The summed E-state index contributed by atoms with van der Waals surface area (Å²) >= 11 is 0. The van der Waals surface area contributed by atoms with Crippen molar-refractivity contribution in [2.75, 3.05) is 6.61 Å². The normalized spacial score (nSPS) is 42.6. The van der Waals surface area contributed by atoms with Gasteiger partial charge in [0.1, 0.15) is 6.10 Å². The average Bonchev–Trinajstić information content (AvgIpc) is 2.41. The molecule has 1 saturated heterocycles. The van der Waals surface area contributed by atoms with E-state index in [2.05, 4.69) is 27.7 Å². The third-order valence-electron chi connectivity index (χ3n) is 4.73. The predicted octanol–water partition coefficient (Wildman–Crippen LogP) is 1.20. The number of carbonyl (C=O) groups is 1. The van der Waals surface area contributed by atoms with Crippen molar-refractivity contribution < 1.29 is 14.6 Å². The van der Waals surface area contributed by atoms with E-state index in [1.807, 2.05) is 0 Å². The molecule has 1 N–H and O–H groups in total. The fourth-order valence-corrected chi connectivity index (χ4v) is 3.17. The van der Waals surface area contributed by atoms with Gasteiger partial charge in [-0.1, -0.05) is 27.7 Å². The van der Waals surface area contributed by atoms with E-state index in [9.17, 15) is 4.79 Å². The number of aliphatic hydroxyl groups is 1. The van der Waals surface area contributed by atoms with Crippen molar-refractivity contribution in [1.29, 1.82) is 0 Å². The molecular formula is C11H18O3. The molecule has 0 unspecified atom stereocenters. The van der Waals surface area contributed by atoms with Crippen LogP contribution in [0.25, 0.3) is 0 Å². The first-order valence-electron chi connectivity index (χ1n) is 5.15. The fourth-order valence-electron chi connectivity index (χ4n) is 3.17. The van der Waals surface area contributed by atoms with Gasteiger partial charge in [0.15, 0.2) is 0 Å². The summed E-state index contributed by atoms with van der Waals surface area (Å²) in [7, 11) is 0. The zero-order chi connectivity index (χ0) is 10.7. The quantitative estimate of drug-likeness (QED) is 0.644. The van der Waals surface area contributed by atoms with Crippen LogP contribution in [0.1, 0.15) is 27.7 Å². The van der Waals surface area contributed by atoms with Crippen LogP contribution in [0.4, 0.5) is 0 Å². The van der Waals surface area contributed by atoms with Gasteiger partial charge in [0, 0.05) is 5.92 Å². The fraction of sp³-hybridized carbons (Fsp3) is 0.909. The lowest BCUT2D eigenvalue weighted by Gasteiger charge is -2.61. The van der Waals surface area contributed by atoms with Crippen molar-refractivity contribution in [2.45, 2.75) is 33.8 Å². The average molecular weight is 198 g/mol. The molecule has 2 fully saturated rings. The highest BCUT2D eigenvalue weighted by atomic mass is 16.6. The van der Waals surface area contributed by atoms with Crippen LogP contribution in [0.3, 0.4) is 0 Å². The van der Waals surface area contributed by atoms with E-state index in [-0.39, 0.29) is 41.3 Å². The molecule has 0 aromatic rings. The summed E-state index contributed by atoms with van der Waals surface area (Å²) in [6.07, 6.45) is -0.282. The molecule has 0 amide bonds. The van der Waals surface area contributed by atoms with Gasteiger partial charge in [0.25, 0.3) is 0 Å². The Morgan fingerprint density at radius 1 is 1.29 bits per heavy atom. The summed E-state index contributed by atoms with van der Waals surface area (Å²) in [5.41, 5.74) is 0.0515. The molecule has 0 spiro atoms. The largest absolute Gasteiger partial charge is 0.459 e. The zero-order valence-electron chi connectivity index (χ0n) is 9.20. The van der Waals surface area contributed by atoms with E-state index in [0.717, 1.165) is 0 Å². The Bertz CT molecular complexity index is 280. The highest BCUT2D eigenvalue weighted by molar-refractivity contribution is 5.78. The molecule has 1 heterocycles. The van der Waals surface area contributed by atoms with Gasteiger partial charge < -0.3 is 9.84 Å².